The highest BCUT2D eigenvalue weighted by molar-refractivity contribution is 5.09. The third kappa shape index (κ3) is 2.84. The molecule has 1 aromatic rings. The van der Waals surface area contributed by atoms with Crippen molar-refractivity contribution in [1.29, 1.82) is 0 Å². The van der Waals surface area contributed by atoms with Gasteiger partial charge in [-0.05, 0) is 44.7 Å². The molecule has 0 spiro atoms. The van der Waals surface area contributed by atoms with E-state index in [0.29, 0.717) is 6.10 Å². The second-order valence-electron chi connectivity index (χ2n) is 4.38. The Kier molecular flexibility index (Phi) is 3.98. The van der Waals surface area contributed by atoms with Crippen LogP contribution in [0.1, 0.15) is 43.2 Å². The number of furan rings is 1. The first kappa shape index (κ1) is 11.6. The first-order chi connectivity index (χ1) is 7.79. The summed E-state index contributed by atoms with van der Waals surface area (Å²) in [7, 11) is 0. The fourth-order valence-corrected chi connectivity index (χ4v) is 2.17. The van der Waals surface area contributed by atoms with Crippen molar-refractivity contribution >= 4 is 0 Å². The largest absolute Gasteiger partial charge is 0.465 e. The molecular formula is C12H20N2O2. The van der Waals surface area contributed by atoms with Crippen molar-refractivity contribution < 1.29 is 9.15 Å². The van der Waals surface area contributed by atoms with Gasteiger partial charge >= 0.3 is 0 Å². The SMILES string of the molecule is Cc1ccc(C(CCC2CCCO2)NN)o1. The molecule has 2 atom stereocenters. The molecule has 1 aliphatic rings. The molecule has 4 heteroatoms. The average molecular weight is 224 g/mol. The quantitative estimate of drug-likeness (QED) is 0.593. The predicted octanol–water partition coefficient (Wildman–Crippen LogP) is 2.05. The highest BCUT2D eigenvalue weighted by Crippen LogP contribution is 2.24. The number of hydrogen-bond donors (Lipinski definition) is 2. The Morgan fingerprint density at radius 2 is 2.44 bits per heavy atom. The van der Waals surface area contributed by atoms with Crippen molar-refractivity contribution in [2.45, 2.75) is 44.8 Å². The number of nitrogens with one attached hydrogen (secondary N) is 1. The normalized spacial score (nSPS) is 22.5. The zero-order chi connectivity index (χ0) is 11.4. The lowest BCUT2D eigenvalue weighted by Gasteiger charge is -2.15. The molecule has 0 radical (unpaired) electrons. The van der Waals surface area contributed by atoms with E-state index in [9.17, 15) is 0 Å². The van der Waals surface area contributed by atoms with Gasteiger partial charge < -0.3 is 9.15 Å². The van der Waals surface area contributed by atoms with Crippen molar-refractivity contribution in [2.24, 2.45) is 5.84 Å². The first-order valence-corrected chi connectivity index (χ1v) is 5.93. The van der Waals surface area contributed by atoms with Crippen LogP contribution < -0.4 is 11.3 Å². The van der Waals surface area contributed by atoms with Crippen LogP contribution >= 0.6 is 0 Å². The van der Waals surface area contributed by atoms with Crippen LogP contribution in [-0.4, -0.2) is 12.7 Å². The summed E-state index contributed by atoms with van der Waals surface area (Å²) < 4.78 is 11.2. The fraction of sp³-hybridized carbons (Fsp3) is 0.667. The third-order valence-corrected chi connectivity index (χ3v) is 3.11. The molecular weight excluding hydrogens is 204 g/mol. The molecule has 0 aromatic carbocycles. The van der Waals surface area contributed by atoms with E-state index < -0.39 is 0 Å². The summed E-state index contributed by atoms with van der Waals surface area (Å²) in [6.07, 6.45) is 4.76. The lowest BCUT2D eigenvalue weighted by atomic mass is 10.0. The van der Waals surface area contributed by atoms with Crippen LogP contribution in [0.2, 0.25) is 0 Å². The van der Waals surface area contributed by atoms with Crippen molar-refractivity contribution in [2.75, 3.05) is 6.61 Å². The fourth-order valence-electron chi connectivity index (χ4n) is 2.17. The van der Waals surface area contributed by atoms with E-state index in [4.69, 9.17) is 15.0 Å². The summed E-state index contributed by atoms with van der Waals surface area (Å²) in [4.78, 5) is 0. The summed E-state index contributed by atoms with van der Waals surface area (Å²) >= 11 is 0. The second kappa shape index (κ2) is 5.48. The molecule has 1 aromatic heterocycles. The van der Waals surface area contributed by atoms with Crippen LogP contribution in [0.15, 0.2) is 16.5 Å². The van der Waals surface area contributed by atoms with Crippen LogP contribution in [0.25, 0.3) is 0 Å². The van der Waals surface area contributed by atoms with Gasteiger partial charge in [-0.1, -0.05) is 0 Å². The van der Waals surface area contributed by atoms with E-state index in [2.05, 4.69) is 5.43 Å². The molecule has 0 amide bonds. The smallest absolute Gasteiger partial charge is 0.122 e. The van der Waals surface area contributed by atoms with Gasteiger partial charge in [0.1, 0.15) is 11.5 Å². The van der Waals surface area contributed by atoms with Crippen LogP contribution in [0.4, 0.5) is 0 Å². The number of ether oxygens (including phenoxy) is 1. The van der Waals surface area contributed by atoms with E-state index in [1.807, 2.05) is 19.1 Å². The minimum atomic E-state index is 0.0953. The Morgan fingerprint density at radius 3 is 3.00 bits per heavy atom. The van der Waals surface area contributed by atoms with E-state index >= 15 is 0 Å². The van der Waals surface area contributed by atoms with Crippen LogP contribution in [0, 0.1) is 6.92 Å². The Balaban J connectivity index is 1.85. The Labute approximate surface area is 96.1 Å². The molecule has 0 aliphatic carbocycles. The standard InChI is InChI=1S/C12H20N2O2/c1-9-4-7-12(16-9)11(14-13)6-5-10-3-2-8-15-10/h4,7,10-11,14H,2-3,5-6,8,13H2,1H3. The number of nitrogens with two attached hydrogens (primary N) is 1. The zero-order valence-electron chi connectivity index (χ0n) is 9.74. The molecule has 1 fully saturated rings. The van der Waals surface area contributed by atoms with Gasteiger partial charge in [0.25, 0.3) is 0 Å². The summed E-state index contributed by atoms with van der Waals surface area (Å²) in [5.41, 5.74) is 2.81. The Morgan fingerprint density at radius 1 is 1.56 bits per heavy atom. The van der Waals surface area contributed by atoms with E-state index in [1.54, 1.807) is 0 Å². The monoisotopic (exact) mass is 224 g/mol. The lowest BCUT2D eigenvalue weighted by molar-refractivity contribution is 0.0988. The van der Waals surface area contributed by atoms with Gasteiger partial charge in [-0.25, -0.2) is 5.43 Å². The number of rotatable bonds is 5. The van der Waals surface area contributed by atoms with Crippen molar-refractivity contribution in [1.82, 2.24) is 5.43 Å². The van der Waals surface area contributed by atoms with Gasteiger partial charge in [-0.3, -0.25) is 5.84 Å². The van der Waals surface area contributed by atoms with E-state index in [0.717, 1.165) is 31.0 Å². The minimum absolute atomic E-state index is 0.0953. The van der Waals surface area contributed by atoms with Crippen LogP contribution in [-0.2, 0) is 4.74 Å². The van der Waals surface area contributed by atoms with Gasteiger partial charge in [-0.2, -0.15) is 0 Å². The Hall–Kier alpha value is -0.840. The summed E-state index contributed by atoms with van der Waals surface area (Å²) in [6.45, 7) is 2.85. The average Bonchev–Trinajstić information content (AvgIpc) is 2.91. The molecule has 1 saturated heterocycles. The number of hydrogen-bond acceptors (Lipinski definition) is 4. The third-order valence-electron chi connectivity index (χ3n) is 3.11. The molecule has 0 bridgehead atoms. The first-order valence-electron chi connectivity index (χ1n) is 5.93. The number of hydrazine groups is 1. The van der Waals surface area contributed by atoms with Gasteiger partial charge in [0.15, 0.2) is 0 Å². The molecule has 1 aliphatic heterocycles. The topological polar surface area (TPSA) is 60.4 Å². The molecule has 4 nitrogen and oxygen atoms in total. The van der Waals surface area contributed by atoms with E-state index in [-0.39, 0.29) is 6.04 Å². The van der Waals surface area contributed by atoms with Gasteiger partial charge in [0.05, 0.1) is 12.1 Å². The zero-order valence-corrected chi connectivity index (χ0v) is 9.74. The molecule has 3 N–H and O–H groups in total. The van der Waals surface area contributed by atoms with Gasteiger partial charge in [-0.15, -0.1) is 0 Å². The highest BCUT2D eigenvalue weighted by atomic mass is 16.5. The second-order valence-corrected chi connectivity index (χ2v) is 4.38. The summed E-state index contributed by atoms with van der Waals surface area (Å²) in [6, 6.07) is 4.04. The molecule has 0 saturated carbocycles. The van der Waals surface area contributed by atoms with Crippen LogP contribution in [0.5, 0.6) is 0 Å². The molecule has 2 heterocycles. The van der Waals surface area contributed by atoms with Crippen molar-refractivity contribution in [3.05, 3.63) is 23.7 Å². The van der Waals surface area contributed by atoms with Crippen LogP contribution in [0.3, 0.4) is 0 Å². The maximum absolute atomic E-state index is 5.59. The summed E-state index contributed by atoms with van der Waals surface area (Å²) in [5.74, 6) is 7.39. The van der Waals surface area contributed by atoms with Gasteiger partial charge in [0, 0.05) is 6.61 Å². The van der Waals surface area contributed by atoms with E-state index in [1.165, 1.54) is 12.8 Å². The number of aryl methyl sites for hydroxylation is 1. The predicted molar refractivity (Wildman–Crippen MR) is 61.7 cm³/mol. The maximum atomic E-state index is 5.59. The molecule has 2 unspecified atom stereocenters. The highest BCUT2D eigenvalue weighted by Gasteiger charge is 2.19. The molecule has 90 valence electrons. The molecule has 16 heavy (non-hydrogen) atoms. The minimum Gasteiger partial charge on any atom is -0.465 e. The Bertz CT molecular complexity index is 319. The van der Waals surface area contributed by atoms with Crippen molar-refractivity contribution in [3.8, 4) is 0 Å². The maximum Gasteiger partial charge on any atom is 0.122 e. The lowest BCUT2D eigenvalue weighted by Crippen LogP contribution is -2.28. The van der Waals surface area contributed by atoms with Crippen molar-refractivity contribution in [3.63, 3.8) is 0 Å². The summed E-state index contributed by atoms with van der Waals surface area (Å²) in [5, 5.41) is 0. The van der Waals surface area contributed by atoms with Gasteiger partial charge in [0.2, 0.25) is 0 Å². The molecule has 2 rings (SSSR count).